The minimum Gasteiger partial charge on any atom is -0.0937 e. The largest absolute Gasteiger partial charge is 0.0937 e. The van der Waals surface area contributed by atoms with Gasteiger partial charge in [0.1, 0.15) is 0 Å². The van der Waals surface area contributed by atoms with Gasteiger partial charge in [-0.25, -0.2) is 0 Å². The van der Waals surface area contributed by atoms with Crippen molar-refractivity contribution in [2.45, 2.75) is 34.1 Å². The summed E-state index contributed by atoms with van der Waals surface area (Å²) in [6.07, 6.45) is 1.20. The van der Waals surface area contributed by atoms with Crippen LogP contribution in [0.5, 0.6) is 0 Å². The maximum atomic E-state index is 8.15. The van der Waals surface area contributed by atoms with Crippen LogP contribution >= 0.6 is 0 Å². The van der Waals surface area contributed by atoms with E-state index in [0.717, 1.165) is 0 Å². The molecule has 0 aromatic carbocycles. The molecule has 12 heavy (non-hydrogen) atoms. The lowest BCUT2D eigenvalue weighted by atomic mass is 9.84. The number of hydrogen-bond acceptors (Lipinski definition) is 1. The van der Waals surface area contributed by atoms with Crippen molar-refractivity contribution in [3.8, 4) is 0 Å². The molecule has 3 atom stereocenters. The van der Waals surface area contributed by atoms with Gasteiger partial charge in [-0.2, -0.15) is 0 Å². The number of hydrogen-bond donors (Lipinski definition) is 0. The summed E-state index contributed by atoms with van der Waals surface area (Å²) in [6.45, 7) is 9.44. The van der Waals surface area contributed by atoms with Crippen LogP contribution in [0.1, 0.15) is 34.1 Å². The Bertz CT molecular complexity index is 161. The first-order chi connectivity index (χ1) is 5.63. The highest BCUT2D eigenvalue weighted by atomic mass is 15.1. The zero-order chi connectivity index (χ0) is 9.56. The van der Waals surface area contributed by atoms with Crippen LogP contribution in [0.3, 0.4) is 0 Å². The van der Waals surface area contributed by atoms with E-state index in [4.69, 9.17) is 5.53 Å². The van der Waals surface area contributed by atoms with Crippen molar-refractivity contribution in [1.82, 2.24) is 0 Å². The second kappa shape index (κ2) is 5.90. The zero-order valence-corrected chi connectivity index (χ0v) is 8.49. The molecule has 0 heterocycles. The van der Waals surface area contributed by atoms with Crippen molar-refractivity contribution in [2.75, 3.05) is 6.54 Å². The van der Waals surface area contributed by atoms with E-state index in [9.17, 15) is 0 Å². The minimum atomic E-state index is 0.496. The zero-order valence-electron chi connectivity index (χ0n) is 8.49. The summed E-state index contributed by atoms with van der Waals surface area (Å²) < 4.78 is 0. The van der Waals surface area contributed by atoms with Crippen LogP contribution in [0, 0.1) is 17.8 Å². The summed E-state index contributed by atoms with van der Waals surface area (Å²) in [6, 6.07) is 0. The van der Waals surface area contributed by atoms with Gasteiger partial charge in [-0.3, -0.25) is 0 Å². The molecule has 0 aromatic heterocycles. The Balaban J connectivity index is 3.90. The van der Waals surface area contributed by atoms with Crippen molar-refractivity contribution >= 4 is 0 Å². The number of azide groups is 1. The van der Waals surface area contributed by atoms with Gasteiger partial charge in [-0.1, -0.05) is 39.2 Å². The van der Waals surface area contributed by atoms with Gasteiger partial charge in [-0.05, 0) is 23.3 Å². The molecule has 0 saturated carbocycles. The molecule has 0 aliphatic carbocycles. The Morgan fingerprint density at radius 1 is 1.25 bits per heavy atom. The van der Waals surface area contributed by atoms with Gasteiger partial charge in [0.2, 0.25) is 0 Å². The molecular weight excluding hydrogens is 150 g/mol. The maximum Gasteiger partial charge on any atom is 0.0286 e. The van der Waals surface area contributed by atoms with Gasteiger partial charge in [0.15, 0.2) is 0 Å². The van der Waals surface area contributed by atoms with Crippen molar-refractivity contribution in [3.05, 3.63) is 10.4 Å². The van der Waals surface area contributed by atoms with Crippen molar-refractivity contribution in [1.29, 1.82) is 0 Å². The fourth-order valence-electron chi connectivity index (χ4n) is 1.26. The molecule has 0 rings (SSSR count). The smallest absolute Gasteiger partial charge is 0.0286 e. The van der Waals surface area contributed by atoms with E-state index in [1.165, 1.54) is 6.42 Å². The van der Waals surface area contributed by atoms with Gasteiger partial charge in [0.25, 0.3) is 0 Å². The predicted octanol–water partition coefficient (Wildman–Crippen LogP) is 3.62. The molecule has 0 saturated heterocycles. The van der Waals surface area contributed by atoms with Gasteiger partial charge < -0.3 is 0 Å². The predicted molar refractivity (Wildman–Crippen MR) is 51.8 cm³/mol. The summed E-state index contributed by atoms with van der Waals surface area (Å²) in [4.78, 5) is 2.77. The van der Waals surface area contributed by atoms with Gasteiger partial charge in [0, 0.05) is 11.5 Å². The lowest BCUT2D eigenvalue weighted by Crippen LogP contribution is -2.18. The molecule has 1 unspecified atom stereocenters. The van der Waals surface area contributed by atoms with E-state index in [-0.39, 0.29) is 0 Å². The summed E-state index contributed by atoms with van der Waals surface area (Å²) >= 11 is 0. The molecule has 0 spiro atoms. The highest BCUT2D eigenvalue weighted by molar-refractivity contribution is 4.69. The highest BCUT2D eigenvalue weighted by Crippen LogP contribution is 2.22. The molecule has 0 radical (unpaired) electrons. The molecule has 0 N–H and O–H groups in total. The third-order valence-corrected chi connectivity index (χ3v) is 2.87. The van der Waals surface area contributed by atoms with Crippen LogP contribution in [0.2, 0.25) is 0 Å². The molecule has 0 aliphatic rings. The third-order valence-electron chi connectivity index (χ3n) is 2.87. The molecule has 0 fully saturated rings. The first kappa shape index (κ1) is 11.3. The number of nitrogens with zero attached hydrogens (tertiary/aromatic N) is 3. The van der Waals surface area contributed by atoms with Crippen LogP contribution in [-0.2, 0) is 0 Å². The lowest BCUT2D eigenvalue weighted by Gasteiger charge is -2.23. The summed E-state index contributed by atoms with van der Waals surface area (Å²) in [5, 5.41) is 3.59. The Kier molecular flexibility index (Phi) is 5.56. The number of rotatable bonds is 5. The molecule has 70 valence electrons. The summed E-state index contributed by atoms with van der Waals surface area (Å²) in [5.74, 6) is 1.85. The standard InChI is InChI=1S/C9H19N3/c1-5-7(2)9(4)8(3)6-11-12-10/h7-9H,5-6H2,1-4H3/t7-,8?,9+/m1/s1. The average Bonchev–Trinajstić information content (AvgIpc) is 2.11. The van der Waals surface area contributed by atoms with Crippen LogP contribution in [0.4, 0.5) is 0 Å². The Labute approximate surface area is 74.8 Å². The Morgan fingerprint density at radius 2 is 1.83 bits per heavy atom. The molecule has 0 bridgehead atoms. The van der Waals surface area contributed by atoms with E-state index < -0.39 is 0 Å². The van der Waals surface area contributed by atoms with E-state index in [1.807, 2.05) is 0 Å². The maximum absolute atomic E-state index is 8.15. The van der Waals surface area contributed by atoms with Gasteiger partial charge in [-0.15, -0.1) is 0 Å². The van der Waals surface area contributed by atoms with Crippen molar-refractivity contribution in [3.63, 3.8) is 0 Å². The molecule has 3 nitrogen and oxygen atoms in total. The van der Waals surface area contributed by atoms with E-state index >= 15 is 0 Å². The molecule has 0 amide bonds. The molecule has 0 aromatic rings. The average molecular weight is 169 g/mol. The van der Waals surface area contributed by atoms with E-state index in [0.29, 0.717) is 24.3 Å². The first-order valence-electron chi connectivity index (χ1n) is 4.64. The second-order valence-corrected chi connectivity index (χ2v) is 3.64. The van der Waals surface area contributed by atoms with Crippen molar-refractivity contribution in [2.24, 2.45) is 22.9 Å². The summed E-state index contributed by atoms with van der Waals surface area (Å²) in [7, 11) is 0. The van der Waals surface area contributed by atoms with Crippen LogP contribution in [0.15, 0.2) is 5.11 Å². The highest BCUT2D eigenvalue weighted by Gasteiger charge is 2.16. The Hall–Kier alpha value is -0.690. The topological polar surface area (TPSA) is 48.8 Å². The minimum absolute atomic E-state index is 0.496. The van der Waals surface area contributed by atoms with Crippen LogP contribution in [0.25, 0.3) is 10.4 Å². The fraction of sp³-hybridized carbons (Fsp3) is 1.00. The van der Waals surface area contributed by atoms with Crippen LogP contribution < -0.4 is 0 Å². The van der Waals surface area contributed by atoms with E-state index in [2.05, 4.69) is 37.7 Å². The summed E-state index contributed by atoms with van der Waals surface area (Å²) in [5.41, 5.74) is 8.15. The normalized spacial score (nSPS) is 17.7. The van der Waals surface area contributed by atoms with E-state index in [1.54, 1.807) is 0 Å². The second-order valence-electron chi connectivity index (χ2n) is 3.64. The Morgan fingerprint density at radius 3 is 2.25 bits per heavy atom. The molecule has 0 aliphatic heterocycles. The monoisotopic (exact) mass is 169 g/mol. The molecule has 3 heteroatoms. The molecular formula is C9H19N3. The van der Waals surface area contributed by atoms with Crippen LogP contribution in [-0.4, -0.2) is 6.54 Å². The third kappa shape index (κ3) is 3.63. The lowest BCUT2D eigenvalue weighted by molar-refractivity contribution is 0.278. The fourth-order valence-corrected chi connectivity index (χ4v) is 1.26. The van der Waals surface area contributed by atoms with Gasteiger partial charge >= 0.3 is 0 Å². The van der Waals surface area contributed by atoms with Gasteiger partial charge in [0.05, 0.1) is 0 Å². The quantitative estimate of drug-likeness (QED) is 0.343. The first-order valence-corrected chi connectivity index (χ1v) is 4.64. The SMILES string of the molecule is CC[C@@H](C)[C@H](C)C(C)CN=[N+]=[N-]. The van der Waals surface area contributed by atoms with Crippen molar-refractivity contribution < 1.29 is 0 Å².